The number of aromatic nitrogens is 3. The third-order valence-electron chi connectivity index (χ3n) is 2.82. The first-order valence-corrected chi connectivity index (χ1v) is 6.38. The Morgan fingerprint density at radius 3 is 2.89 bits per heavy atom. The fourth-order valence-corrected chi connectivity index (χ4v) is 2.11. The zero-order valence-corrected chi connectivity index (χ0v) is 11.5. The number of nitrogens with zero attached hydrogens (tertiary/aromatic N) is 4. The minimum atomic E-state index is 0.126. The molecule has 19 heavy (non-hydrogen) atoms. The highest BCUT2D eigenvalue weighted by Crippen LogP contribution is 2.24. The van der Waals surface area contributed by atoms with Crippen LogP contribution in [-0.2, 0) is 0 Å². The molecule has 0 fully saturated rings. The Morgan fingerprint density at radius 2 is 2.32 bits per heavy atom. The zero-order chi connectivity index (χ0) is 13.8. The zero-order valence-electron chi connectivity index (χ0n) is 10.8. The maximum absolute atomic E-state index is 8.71. The number of nitrogens with one attached hydrogen (secondary N) is 1. The normalized spacial score (nSPS) is 12.1. The second-order valence-corrected chi connectivity index (χ2v) is 4.52. The molecule has 2 aromatic rings. The van der Waals surface area contributed by atoms with E-state index in [1.165, 1.54) is 11.0 Å². The maximum Gasteiger partial charge on any atom is 0.252 e. The van der Waals surface area contributed by atoms with Crippen LogP contribution in [-0.4, -0.2) is 21.3 Å². The van der Waals surface area contributed by atoms with E-state index in [0.717, 1.165) is 12.1 Å². The van der Waals surface area contributed by atoms with Crippen molar-refractivity contribution in [1.82, 2.24) is 20.1 Å². The molecule has 1 aromatic heterocycles. The second-order valence-electron chi connectivity index (χ2n) is 4.11. The molecule has 6 heteroatoms. The number of halogens is 1. The van der Waals surface area contributed by atoms with E-state index in [1.807, 2.05) is 24.3 Å². The van der Waals surface area contributed by atoms with Crippen molar-refractivity contribution in [3.8, 4) is 11.8 Å². The van der Waals surface area contributed by atoms with Gasteiger partial charge < -0.3 is 5.32 Å². The van der Waals surface area contributed by atoms with Gasteiger partial charge in [-0.3, -0.25) is 0 Å². The summed E-state index contributed by atoms with van der Waals surface area (Å²) in [5.41, 5.74) is 1.82. The van der Waals surface area contributed by atoms with E-state index >= 15 is 0 Å². The van der Waals surface area contributed by atoms with Gasteiger partial charge >= 0.3 is 0 Å². The summed E-state index contributed by atoms with van der Waals surface area (Å²) >= 11 is 6.26. The summed E-state index contributed by atoms with van der Waals surface area (Å²) in [6, 6.07) is 7.89. The van der Waals surface area contributed by atoms with Crippen LogP contribution in [0.15, 0.2) is 24.5 Å². The molecular formula is C13H14ClN5. The molecule has 5 nitrogen and oxygen atoms in total. The molecule has 0 aliphatic rings. The van der Waals surface area contributed by atoms with Crippen molar-refractivity contribution in [2.75, 3.05) is 6.54 Å². The van der Waals surface area contributed by atoms with Crippen molar-refractivity contribution in [3.05, 3.63) is 40.9 Å². The highest BCUT2D eigenvalue weighted by atomic mass is 35.5. The summed E-state index contributed by atoms with van der Waals surface area (Å²) in [4.78, 5) is 3.86. The molecule has 0 aliphatic carbocycles. The van der Waals surface area contributed by atoms with Gasteiger partial charge in [-0.25, -0.2) is 9.67 Å². The van der Waals surface area contributed by atoms with Gasteiger partial charge in [-0.2, -0.15) is 5.26 Å². The lowest BCUT2D eigenvalue weighted by Gasteiger charge is -2.14. The van der Waals surface area contributed by atoms with Gasteiger partial charge in [-0.05, 0) is 31.2 Å². The highest BCUT2D eigenvalue weighted by Gasteiger charge is 2.10. The molecule has 0 saturated carbocycles. The number of rotatable bonds is 4. The molecule has 0 saturated heterocycles. The van der Waals surface area contributed by atoms with Crippen LogP contribution in [0.3, 0.4) is 0 Å². The van der Waals surface area contributed by atoms with E-state index in [2.05, 4.69) is 29.2 Å². The van der Waals surface area contributed by atoms with Crippen LogP contribution in [0.5, 0.6) is 0 Å². The van der Waals surface area contributed by atoms with Crippen LogP contribution in [0.2, 0.25) is 5.02 Å². The lowest BCUT2D eigenvalue weighted by molar-refractivity contribution is 0.598. The molecule has 1 aromatic carbocycles. The number of hydrogen-bond acceptors (Lipinski definition) is 4. The van der Waals surface area contributed by atoms with Crippen molar-refractivity contribution in [1.29, 1.82) is 5.26 Å². The smallest absolute Gasteiger partial charge is 0.252 e. The average Bonchev–Trinajstić information content (AvgIpc) is 2.87. The number of benzene rings is 1. The monoisotopic (exact) mass is 275 g/mol. The van der Waals surface area contributed by atoms with Crippen molar-refractivity contribution in [2.45, 2.75) is 19.9 Å². The largest absolute Gasteiger partial charge is 0.310 e. The quantitative estimate of drug-likeness (QED) is 0.931. The molecule has 0 spiro atoms. The summed E-state index contributed by atoms with van der Waals surface area (Å²) in [7, 11) is 0. The first-order chi connectivity index (χ1) is 9.15. The third-order valence-corrected chi connectivity index (χ3v) is 3.12. The predicted octanol–water partition coefficient (Wildman–Crippen LogP) is 2.46. The first-order valence-electron chi connectivity index (χ1n) is 6.00. The van der Waals surface area contributed by atoms with Gasteiger partial charge in [-0.15, -0.1) is 5.10 Å². The van der Waals surface area contributed by atoms with E-state index in [1.54, 1.807) is 0 Å². The van der Waals surface area contributed by atoms with Crippen LogP contribution >= 0.6 is 11.6 Å². The van der Waals surface area contributed by atoms with Crippen molar-refractivity contribution >= 4 is 11.6 Å². The Hall–Kier alpha value is -1.90. The van der Waals surface area contributed by atoms with E-state index in [0.29, 0.717) is 10.7 Å². The van der Waals surface area contributed by atoms with Gasteiger partial charge in [0.15, 0.2) is 0 Å². The maximum atomic E-state index is 8.71. The molecule has 1 N–H and O–H groups in total. The molecule has 0 bridgehead atoms. The van der Waals surface area contributed by atoms with Gasteiger partial charge in [0.05, 0.1) is 10.7 Å². The standard InChI is InChI=1S/C13H14ClN5/c1-3-16-9(2)10-4-5-12(11(14)6-10)19-8-17-13(7-15)18-19/h4-6,8-9,16H,3H2,1-2H3. The van der Waals surface area contributed by atoms with Gasteiger partial charge in [0.25, 0.3) is 5.82 Å². The van der Waals surface area contributed by atoms with Crippen molar-refractivity contribution < 1.29 is 0 Å². The summed E-state index contributed by atoms with van der Waals surface area (Å²) in [5.74, 6) is 0.126. The fourth-order valence-electron chi connectivity index (χ4n) is 1.83. The summed E-state index contributed by atoms with van der Waals surface area (Å²) < 4.78 is 1.50. The Kier molecular flexibility index (Phi) is 4.15. The van der Waals surface area contributed by atoms with Crippen molar-refractivity contribution in [3.63, 3.8) is 0 Å². The highest BCUT2D eigenvalue weighted by molar-refractivity contribution is 6.32. The van der Waals surface area contributed by atoms with Crippen LogP contribution in [0.25, 0.3) is 5.69 Å². The van der Waals surface area contributed by atoms with Crippen LogP contribution in [0.1, 0.15) is 31.3 Å². The summed E-state index contributed by atoms with van der Waals surface area (Å²) in [6.07, 6.45) is 1.48. The SMILES string of the molecule is CCNC(C)c1ccc(-n2cnc(C#N)n2)c(Cl)c1. The minimum Gasteiger partial charge on any atom is -0.310 e. The topological polar surface area (TPSA) is 66.5 Å². The molecule has 1 unspecified atom stereocenters. The van der Waals surface area contributed by atoms with Crippen LogP contribution < -0.4 is 5.32 Å². The van der Waals surface area contributed by atoms with Gasteiger partial charge in [0.2, 0.25) is 0 Å². The lowest BCUT2D eigenvalue weighted by Crippen LogP contribution is -2.17. The van der Waals surface area contributed by atoms with E-state index in [4.69, 9.17) is 16.9 Å². The summed E-state index contributed by atoms with van der Waals surface area (Å²) in [5, 5.41) is 16.6. The first kappa shape index (κ1) is 13.5. The molecular weight excluding hydrogens is 262 g/mol. The van der Waals surface area contributed by atoms with Crippen molar-refractivity contribution in [2.24, 2.45) is 0 Å². The molecule has 0 amide bonds. The van der Waals surface area contributed by atoms with Gasteiger partial charge in [0.1, 0.15) is 12.4 Å². The predicted molar refractivity (Wildman–Crippen MR) is 73.2 cm³/mol. The molecule has 0 aliphatic heterocycles. The Morgan fingerprint density at radius 1 is 1.53 bits per heavy atom. The molecule has 1 heterocycles. The van der Waals surface area contributed by atoms with E-state index < -0.39 is 0 Å². The Balaban J connectivity index is 2.31. The van der Waals surface area contributed by atoms with Crippen LogP contribution in [0, 0.1) is 11.3 Å². The summed E-state index contributed by atoms with van der Waals surface area (Å²) in [6.45, 7) is 5.04. The van der Waals surface area contributed by atoms with Gasteiger partial charge in [0, 0.05) is 6.04 Å². The Bertz CT molecular complexity index is 614. The van der Waals surface area contributed by atoms with E-state index in [9.17, 15) is 0 Å². The number of nitriles is 1. The third kappa shape index (κ3) is 2.92. The van der Waals surface area contributed by atoms with Crippen LogP contribution in [0.4, 0.5) is 0 Å². The molecule has 0 radical (unpaired) electrons. The minimum absolute atomic E-state index is 0.126. The Labute approximate surface area is 116 Å². The number of hydrogen-bond donors (Lipinski definition) is 1. The molecule has 98 valence electrons. The molecule has 2 rings (SSSR count). The fraction of sp³-hybridized carbons (Fsp3) is 0.308. The van der Waals surface area contributed by atoms with E-state index in [-0.39, 0.29) is 11.9 Å². The van der Waals surface area contributed by atoms with Gasteiger partial charge in [-0.1, -0.05) is 24.6 Å². The lowest BCUT2D eigenvalue weighted by atomic mass is 10.1. The average molecular weight is 276 g/mol. The molecule has 1 atom stereocenters. The second kappa shape index (κ2) is 5.83.